The first kappa shape index (κ1) is 29.8. The van der Waals surface area contributed by atoms with Crippen LogP contribution >= 0.6 is 0 Å². The number of aromatic nitrogens is 1. The number of rotatable bonds is 12. The van der Waals surface area contributed by atoms with Crippen LogP contribution in [-0.2, 0) is 29.2 Å². The zero-order valence-corrected chi connectivity index (χ0v) is 23.1. The van der Waals surface area contributed by atoms with Crippen molar-refractivity contribution in [1.29, 1.82) is 0 Å². The largest absolute Gasteiger partial charge is 0.457 e. The molecule has 3 aromatic carbocycles. The summed E-state index contributed by atoms with van der Waals surface area (Å²) in [4.78, 5) is 45.1. The number of fused-ring (bicyclic) bond motifs is 1. The fourth-order valence-corrected chi connectivity index (χ4v) is 4.57. The van der Waals surface area contributed by atoms with E-state index in [-0.39, 0.29) is 44.1 Å². The number of amides is 1. The van der Waals surface area contributed by atoms with Crippen molar-refractivity contribution < 1.29 is 23.5 Å². The van der Waals surface area contributed by atoms with Crippen molar-refractivity contribution in [1.82, 2.24) is 4.57 Å². The fourth-order valence-electron chi connectivity index (χ4n) is 4.57. The highest BCUT2D eigenvalue weighted by molar-refractivity contribution is 6.03. The molecule has 0 saturated carbocycles. The molecule has 0 aliphatic carbocycles. The number of unbranched alkanes of at least 4 members (excludes halogenated alkanes) is 1. The van der Waals surface area contributed by atoms with E-state index >= 15 is 0 Å². The van der Waals surface area contributed by atoms with Crippen molar-refractivity contribution >= 4 is 28.8 Å². The minimum atomic E-state index is -0.956. The van der Waals surface area contributed by atoms with E-state index in [2.05, 4.69) is 10.0 Å². The van der Waals surface area contributed by atoms with E-state index in [1.807, 2.05) is 24.3 Å². The van der Waals surface area contributed by atoms with Gasteiger partial charge >= 0.3 is 12.1 Å². The van der Waals surface area contributed by atoms with Crippen molar-refractivity contribution in [3.05, 3.63) is 122 Å². The molecule has 0 radical (unpaired) electrons. The number of hydrogen-bond acceptors (Lipinski definition) is 6. The third-order valence-corrected chi connectivity index (χ3v) is 6.57. The molecule has 0 aliphatic heterocycles. The van der Waals surface area contributed by atoms with E-state index < -0.39 is 28.9 Å². The molecule has 4 rings (SSSR count). The molecule has 0 unspecified atom stereocenters. The summed E-state index contributed by atoms with van der Waals surface area (Å²) >= 11 is 0. The molecule has 42 heavy (non-hydrogen) atoms. The molecular weight excluding hydrogens is 541 g/mol. The summed E-state index contributed by atoms with van der Waals surface area (Å²) in [7, 11) is 0. The molecule has 4 aromatic rings. The molecule has 10 nitrogen and oxygen atoms in total. The fraction of sp³-hybridized carbons (Fsp3) is 0.258. The number of aryl methyl sites for hydroxylation is 1. The highest BCUT2D eigenvalue weighted by Gasteiger charge is 2.31. The normalized spacial score (nSPS) is 10.6. The van der Waals surface area contributed by atoms with Crippen molar-refractivity contribution in [3.8, 4) is 0 Å². The first-order chi connectivity index (χ1) is 20.4. The van der Waals surface area contributed by atoms with Gasteiger partial charge in [-0.1, -0.05) is 65.8 Å². The van der Waals surface area contributed by atoms with Crippen LogP contribution in [0.15, 0.2) is 88.8 Å². The lowest BCUT2D eigenvalue weighted by Gasteiger charge is -2.28. The van der Waals surface area contributed by atoms with Gasteiger partial charge in [0.05, 0.1) is 5.52 Å². The number of benzene rings is 3. The molecule has 0 saturated heterocycles. The third-order valence-electron chi connectivity index (χ3n) is 6.57. The minimum Gasteiger partial charge on any atom is -0.457 e. The number of anilines is 1. The van der Waals surface area contributed by atoms with Crippen LogP contribution in [0.2, 0.25) is 0 Å². The van der Waals surface area contributed by atoms with Crippen LogP contribution in [0.5, 0.6) is 0 Å². The Kier molecular flexibility index (Phi) is 10.3. The zero-order valence-electron chi connectivity index (χ0n) is 23.1. The van der Waals surface area contributed by atoms with Gasteiger partial charge in [0.25, 0.3) is 0 Å². The van der Waals surface area contributed by atoms with Crippen LogP contribution < -0.4 is 10.3 Å². The van der Waals surface area contributed by atoms with Crippen LogP contribution in [0.1, 0.15) is 41.3 Å². The van der Waals surface area contributed by atoms with Gasteiger partial charge in [0.15, 0.2) is 0 Å². The highest BCUT2D eigenvalue weighted by atomic mass is 19.1. The number of nitrogens with zero attached hydrogens (tertiary/aromatic N) is 5. The lowest BCUT2D eigenvalue weighted by atomic mass is 10.1. The van der Waals surface area contributed by atoms with E-state index in [9.17, 15) is 18.8 Å². The Morgan fingerprint density at radius 1 is 0.952 bits per heavy atom. The molecule has 0 spiro atoms. The van der Waals surface area contributed by atoms with Crippen molar-refractivity contribution in [2.75, 3.05) is 18.0 Å². The van der Waals surface area contributed by atoms with Gasteiger partial charge in [-0.05, 0) is 54.6 Å². The number of pyridine rings is 1. The second-order valence-corrected chi connectivity index (χ2v) is 9.35. The van der Waals surface area contributed by atoms with Crippen LogP contribution in [-0.4, -0.2) is 29.7 Å². The summed E-state index contributed by atoms with van der Waals surface area (Å²) in [6.07, 6.45) is 0.0232. The smallest absolute Gasteiger partial charge is 0.415 e. The Balaban J connectivity index is 1.82. The number of azide groups is 1. The zero-order chi connectivity index (χ0) is 29.9. The standard InChI is InChI=1S/C31H30FN5O5/c1-2-36-26-16-15-24(32)19-25(26)28(38)27(30(39)41-20-22-11-5-3-6-12-22)29(36)37(18-10-9-17-34-35-33)31(40)42-21-23-13-7-4-8-14-23/h3-8,11-16,19H,2,9-10,17-18,20-21H2,1H3. The minimum absolute atomic E-state index is 0.0125. The monoisotopic (exact) mass is 571 g/mol. The van der Waals surface area contributed by atoms with Crippen LogP contribution in [0.25, 0.3) is 21.3 Å². The molecule has 0 fully saturated rings. The van der Waals surface area contributed by atoms with Gasteiger partial charge in [0, 0.05) is 29.9 Å². The Morgan fingerprint density at radius 3 is 2.21 bits per heavy atom. The van der Waals surface area contributed by atoms with E-state index in [0.29, 0.717) is 23.9 Å². The predicted octanol–water partition coefficient (Wildman–Crippen LogP) is 6.75. The van der Waals surface area contributed by atoms with Gasteiger partial charge in [0.1, 0.15) is 30.4 Å². The average molecular weight is 572 g/mol. The van der Waals surface area contributed by atoms with Crippen LogP contribution in [0.4, 0.5) is 15.0 Å². The maximum absolute atomic E-state index is 14.3. The van der Waals surface area contributed by atoms with Gasteiger partial charge < -0.3 is 14.0 Å². The maximum Gasteiger partial charge on any atom is 0.415 e. The summed E-state index contributed by atoms with van der Waals surface area (Å²) in [5.74, 6) is -1.61. The van der Waals surface area contributed by atoms with Crippen molar-refractivity contribution in [2.45, 2.75) is 39.5 Å². The average Bonchev–Trinajstić information content (AvgIpc) is 3.01. The Bertz CT molecular complexity index is 1650. The Labute approximate surface area is 241 Å². The topological polar surface area (TPSA) is 127 Å². The highest BCUT2D eigenvalue weighted by Crippen LogP contribution is 2.27. The first-order valence-electron chi connectivity index (χ1n) is 13.5. The molecule has 1 aromatic heterocycles. The quantitative estimate of drug-likeness (QED) is 0.0611. The molecule has 0 bridgehead atoms. The van der Waals surface area contributed by atoms with Crippen LogP contribution in [0.3, 0.4) is 0 Å². The Hall–Kier alpha value is -5.15. The molecule has 0 aliphatic rings. The second-order valence-electron chi connectivity index (χ2n) is 9.35. The second kappa shape index (κ2) is 14.5. The number of hydrogen-bond donors (Lipinski definition) is 0. The first-order valence-corrected chi connectivity index (χ1v) is 13.5. The summed E-state index contributed by atoms with van der Waals surface area (Å²) in [6.45, 7) is 2.10. The van der Waals surface area contributed by atoms with E-state index in [0.717, 1.165) is 11.6 Å². The summed E-state index contributed by atoms with van der Waals surface area (Å²) in [5.41, 5.74) is 9.25. The molecule has 0 N–H and O–H groups in total. The van der Waals surface area contributed by atoms with Gasteiger partial charge in [-0.25, -0.2) is 14.0 Å². The lowest BCUT2D eigenvalue weighted by Crippen LogP contribution is -2.38. The summed E-state index contributed by atoms with van der Waals surface area (Å²) < 4.78 is 27.1. The van der Waals surface area contributed by atoms with Gasteiger partial charge in [-0.2, -0.15) is 0 Å². The number of halogens is 1. The summed E-state index contributed by atoms with van der Waals surface area (Å²) in [5, 5.41) is 3.52. The molecule has 1 heterocycles. The molecular formula is C31H30FN5O5. The van der Waals surface area contributed by atoms with Crippen molar-refractivity contribution in [2.24, 2.45) is 5.11 Å². The molecule has 1 amide bonds. The number of ether oxygens (including phenoxy) is 2. The van der Waals surface area contributed by atoms with E-state index in [4.69, 9.17) is 15.0 Å². The van der Waals surface area contributed by atoms with E-state index in [1.54, 1.807) is 47.9 Å². The molecule has 0 atom stereocenters. The van der Waals surface area contributed by atoms with Gasteiger partial charge in [-0.3, -0.25) is 9.69 Å². The van der Waals surface area contributed by atoms with Gasteiger partial charge in [-0.15, -0.1) is 0 Å². The van der Waals surface area contributed by atoms with Crippen molar-refractivity contribution in [3.63, 3.8) is 0 Å². The lowest BCUT2D eigenvalue weighted by molar-refractivity contribution is 0.0471. The number of carbonyl (C=O) groups is 2. The maximum atomic E-state index is 14.3. The number of carbonyl (C=O) groups excluding carboxylic acids is 2. The molecule has 216 valence electrons. The van der Waals surface area contributed by atoms with Crippen LogP contribution in [0, 0.1) is 5.82 Å². The summed E-state index contributed by atoms with van der Waals surface area (Å²) in [6, 6.07) is 21.7. The van der Waals surface area contributed by atoms with E-state index in [1.165, 1.54) is 17.0 Å². The third kappa shape index (κ3) is 7.13. The SMILES string of the molecule is CCn1c(N(CCCCN=[N+]=[N-])C(=O)OCc2ccccc2)c(C(=O)OCc2ccccc2)c(=O)c2cc(F)ccc21. The number of esters is 1. The molecule has 11 heteroatoms. The predicted molar refractivity (Wildman–Crippen MR) is 157 cm³/mol. The van der Waals surface area contributed by atoms with Gasteiger partial charge in [0.2, 0.25) is 5.43 Å². The Morgan fingerprint density at radius 2 is 1.60 bits per heavy atom.